The summed E-state index contributed by atoms with van der Waals surface area (Å²) in [6.45, 7) is 9.95. The molecule has 1 fully saturated rings. The van der Waals surface area contributed by atoms with E-state index in [2.05, 4.69) is 20.8 Å². The Morgan fingerprint density at radius 2 is 1.81 bits per heavy atom. The molecule has 0 saturated carbocycles. The van der Waals surface area contributed by atoms with Crippen LogP contribution < -0.4 is 4.74 Å². The fourth-order valence-corrected chi connectivity index (χ4v) is 4.16. The van der Waals surface area contributed by atoms with E-state index in [-0.39, 0.29) is 5.41 Å². The van der Waals surface area contributed by atoms with Gasteiger partial charge in [-0.15, -0.1) is 0 Å². The molecule has 0 amide bonds. The molecule has 0 aliphatic carbocycles. The van der Waals surface area contributed by atoms with Gasteiger partial charge in [0, 0.05) is 18.7 Å². The zero-order valence-corrected chi connectivity index (χ0v) is 14.2. The molecule has 1 aliphatic heterocycles. The summed E-state index contributed by atoms with van der Waals surface area (Å²) in [6.07, 6.45) is 1.89. The van der Waals surface area contributed by atoms with Crippen LogP contribution in [0.3, 0.4) is 0 Å². The standard InChI is InChI=1S/C16H25NO3S/c1-5-20-15-9-8-13(12-14(15)16(2,3)4)21(18,19)17-10-6-7-11-17/h8-9,12H,5-7,10-11H2,1-4H3. The van der Waals surface area contributed by atoms with E-state index in [0.29, 0.717) is 24.6 Å². The molecule has 0 N–H and O–H groups in total. The van der Waals surface area contributed by atoms with Gasteiger partial charge in [-0.3, -0.25) is 0 Å². The topological polar surface area (TPSA) is 46.6 Å². The molecule has 5 heteroatoms. The monoisotopic (exact) mass is 311 g/mol. The number of ether oxygens (including phenoxy) is 1. The van der Waals surface area contributed by atoms with Gasteiger partial charge < -0.3 is 4.74 Å². The molecule has 1 aromatic rings. The Morgan fingerprint density at radius 1 is 1.19 bits per heavy atom. The predicted molar refractivity (Wildman–Crippen MR) is 84.3 cm³/mol. The number of sulfonamides is 1. The van der Waals surface area contributed by atoms with Crippen LogP contribution in [0, 0.1) is 0 Å². The number of nitrogens with zero attached hydrogens (tertiary/aromatic N) is 1. The lowest BCUT2D eigenvalue weighted by Gasteiger charge is -2.24. The third-order valence-electron chi connectivity index (χ3n) is 3.76. The molecule has 118 valence electrons. The van der Waals surface area contributed by atoms with Gasteiger partial charge >= 0.3 is 0 Å². The zero-order valence-electron chi connectivity index (χ0n) is 13.3. The number of rotatable bonds is 4. The highest BCUT2D eigenvalue weighted by molar-refractivity contribution is 7.89. The third-order valence-corrected chi connectivity index (χ3v) is 5.66. The molecule has 0 bridgehead atoms. The summed E-state index contributed by atoms with van der Waals surface area (Å²) in [6, 6.07) is 5.22. The van der Waals surface area contributed by atoms with Crippen molar-refractivity contribution in [3.05, 3.63) is 23.8 Å². The maximum absolute atomic E-state index is 12.7. The molecule has 1 aromatic carbocycles. The molecule has 0 radical (unpaired) electrons. The van der Waals surface area contributed by atoms with Gasteiger partial charge in [0.05, 0.1) is 11.5 Å². The van der Waals surface area contributed by atoms with Gasteiger partial charge in [-0.25, -0.2) is 8.42 Å². The van der Waals surface area contributed by atoms with Crippen LogP contribution in [0.1, 0.15) is 46.1 Å². The largest absolute Gasteiger partial charge is 0.494 e. The average Bonchev–Trinajstić information content (AvgIpc) is 2.92. The van der Waals surface area contributed by atoms with Crippen molar-refractivity contribution in [1.29, 1.82) is 0 Å². The molecule has 0 unspecified atom stereocenters. The van der Waals surface area contributed by atoms with E-state index >= 15 is 0 Å². The summed E-state index contributed by atoms with van der Waals surface area (Å²) in [7, 11) is -3.38. The molecule has 0 aromatic heterocycles. The van der Waals surface area contributed by atoms with Crippen molar-refractivity contribution in [2.75, 3.05) is 19.7 Å². The summed E-state index contributed by atoms with van der Waals surface area (Å²) in [5.74, 6) is 0.769. The predicted octanol–water partition coefficient (Wildman–Crippen LogP) is 3.17. The van der Waals surface area contributed by atoms with Gasteiger partial charge in [0.15, 0.2) is 0 Å². The van der Waals surface area contributed by atoms with Gasteiger partial charge in [0.2, 0.25) is 10.0 Å². The van der Waals surface area contributed by atoms with Crippen LogP contribution in [0.4, 0.5) is 0 Å². The van der Waals surface area contributed by atoms with E-state index in [1.165, 1.54) is 0 Å². The van der Waals surface area contributed by atoms with Crippen LogP contribution in [0.5, 0.6) is 5.75 Å². The second-order valence-corrected chi connectivity index (χ2v) is 8.39. The summed E-state index contributed by atoms with van der Waals surface area (Å²) < 4.78 is 32.6. The van der Waals surface area contributed by atoms with Crippen molar-refractivity contribution < 1.29 is 13.2 Å². The Balaban J connectivity index is 2.46. The van der Waals surface area contributed by atoms with Crippen LogP contribution in [-0.4, -0.2) is 32.4 Å². The average molecular weight is 311 g/mol. The smallest absolute Gasteiger partial charge is 0.243 e. The lowest BCUT2D eigenvalue weighted by molar-refractivity contribution is 0.329. The Kier molecular flexibility index (Phi) is 4.63. The first-order chi connectivity index (χ1) is 9.76. The summed E-state index contributed by atoms with van der Waals surface area (Å²) >= 11 is 0. The van der Waals surface area contributed by atoms with E-state index < -0.39 is 10.0 Å². The fourth-order valence-electron chi connectivity index (χ4n) is 2.61. The van der Waals surface area contributed by atoms with Crippen molar-refractivity contribution in [3.8, 4) is 5.75 Å². The second kappa shape index (κ2) is 5.97. The van der Waals surface area contributed by atoms with Crippen LogP contribution >= 0.6 is 0 Å². The van der Waals surface area contributed by atoms with Crippen molar-refractivity contribution >= 4 is 10.0 Å². The van der Waals surface area contributed by atoms with E-state index in [9.17, 15) is 8.42 Å². The summed E-state index contributed by atoms with van der Waals surface area (Å²) in [5.41, 5.74) is 0.769. The molecule has 1 heterocycles. The lowest BCUT2D eigenvalue weighted by Crippen LogP contribution is -2.28. The highest BCUT2D eigenvalue weighted by atomic mass is 32.2. The molecular formula is C16H25NO3S. The van der Waals surface area contributed by atoms with Gasteiger partial charge in [-0.05, 0) is 43.4 Å². The van der Waals surface area contributed by atoms with Crippen LogP contribution in [-0.2, 0) is 15.4 Å². The van der Waals surface area contributed by atoms with E-state index in [0.717, 1.165) is 24.2 Å². The first-order valence-corrected chi connectivity index (χ1v) is 8.98. The number of hydrogen-bond donors (Lipinski definition) is 0. The zero-order chi connectivity index (χ0) is 15.7. The molecule has 4 nitrogen and oxygen atoms in total. The molecule has 0 spiro atoms. The molecule has 1 saturated heterocycles. The van der Waals surface area contributed by atoms with Gasteiger partial charge in [-0.1, -0.05) is 20.8 Å². The van der Waals surface area contributed by atoms with Crippen LogP contribution in [0.15, 0.2) is 23.1 Å². The Morgan fingerprint density at radius 3 is 2.33 bits per heavy atom. The SMILES string of the molecule is CCOc1ccc(S(=O)(=O)N2CCCC2)cc1C(C)(C)C. The Bertz CT molecular complexity index is 596. The maximum Gasteiger partial charge on any atom is 0.243 e. The minimum Gasteiger partial charge on any atom is -0.494 e. The second-order valence-electron chi connectivity index (χ2n) is 6.45. The lowest BCUT2D eigenvalue weighted by atomic mass is 9.86. The highest BCUT2D eigenvalue weighted by Crippen LogP contribution is 2.34. The normalized spacial score (nSPS) is 17.1. The molecule has 21 heavy (non-hydrogen) atoms. The molecule has 0 atom stereocenters. The van der Waals surface area contributed by atoms with Gasteiger partial charge in [-0.2, -0.15) is 4.31 Å². The van der Waals surface area contributed by atoms with Crippen LogP contribution in [0.2, 0.25) is 0 Å². The minimum atomic E-state index is -3.38. The third kappa shape index (κ3) is 3.40. The van der Waals surface area contributed by atoms with E-state index in [4.69, 9.17) is 4.74 Å². The summed E-state index contributed by atoms with van der Waals surface area (Å²) in [5, 5.41) is 0. The molecular weight excluding hydrogens is 286 g/mol. The quantitative estimate of drug-likeness (QED) is 0.858. The van der Waals surface area contributed by atoms with Crippen molar-refractivity contribution in [1.82, 2.24) is 4.31 Å². The van der Waals surface area contributed by atoms with E-state index in [1.54, 1.807) is 22.5 Å². The highest BCUT2D eigenvalue weighted by Gasteiger charge is 2.29. The molecule has 2 rings (SSSR count). The Labute approximate surface area is 128 Å². The van der Waals surface area contributed by atoms with Crippen LogP contribution in [0.25, 0.3) is 0 Å². The van der Waals surface area contributed by atoms with Crippen molar-refractivity contribution in [2.24, 2.45) is 0 Å². The first kappa shape index (κ1) is 16.3. The van der Waals surface area contributed by atoms with Crippen molar-refractivity contribution in [3.63, 3.8) is 0 Å². The number of hydrogen-bond acceptors (Lipinski definition) is 3. The number of benzene rings is 1. The maximum atomic E-state index is 12.7. The van der Waals surface area contributed by atoms with Gasteiger partial charge in [0.25, 0.3) is 0 Å². The van der Waals surface area contributed by atoms with E-state index in [1.807, 2.05) is 6.92 Å². The minimum absolute atomic E-state index is 0.166. The van der Waals surface area contributed by atoms with Gasteiger partial charge in [0.1, 0.15) is 5.75 Å². The summed E-state index contributed by atoms with van der Waals surface area (Å²) in [4.78, 5) is 0.373. The fraction of sp³-hybridized carbons (Fsp3) is 0.625. The first-order valence-electron chi connectivity index (χ1n) is 7.54. The molecule has 1 aliphatic rings. The Hall–Kier alpha value is -1.07. The van der Waals surface area contributed by atoms with Crippen molar-refractivity contribution in [2.45, 2.75) is 50.8 Å².